The van der Waals surface area contributed by atoms with E-state index in [0.29, 0.717) is 11.1 Å². The van der Waals surface area contributed by atoms with Gasteiger partial charge in [-0.15, -0.1) is 0 Å². The number of carbonyl (C=O) groups excluding carboxylic acids is 2. The van der Waals surface area contributed by atoms with E-state index in [-0.39, 0.29) is 30.7 Å². The first-order valence-electron chi connectivity index (χ1n) is 8.59. The molecule has 7 heteroatoms. The number of hydrogen-bond donors (Lipinski definition) is 0. The molecule has 2 amide bonds. The number of benzene rings is 1. The molecule has 5 rings (SSSR count). The van der Waals surface area contributed by atoms with E-state index in [9.17, 15) is 9.59 Å². The van der Waals surface area contributed by atoms with Crippen LogP contribution in [-0.2, 0) is 4.74 Å². The summed E-state index contributed by atoms with van der Waals surface area (Å²) in [4.78, 5) is 34.7. The lowest BCUT2D eigenvalue weighted by Gasteiger charge is -2.20. The molecule has 1 fully saturated rings. The van der Waals surface area contributed by atoms with E-state index in [4.69, 9.17) is 4.74 Å². The predicted molar refractivity (Wildman–Crippen MR) is 92.5 cm³/mol. The molecular weight excluding hydrogens is 332 g/mol. The zero-order valence-corrected chi connectivity index (χ0v) is 13.9. The fraction of sp³-hybridized carbons (Fsp3) is 0.263. The zero-order valence-electron chi connectivity index (χ0n) is 13.9. The third kappa shape index (κ3) is 2.24. The van der Waals surface area contributed by atoms with Crippen LogP contribution in [0.5, 0.6) is 0 Å². The number of amides is 2. The van der Waals surface area contributed by atoms with Gasteiger partial charge in [0, 0.05) is 17.8 Å². The van der Waals surface area contributed by atoms with Crippen LogP contribution in [0, 0.1) is 0 Å². The topological polar surface area (TPSA) is 77.3 Å². The summed E-state index contributed by atoms with van der Waals surface area (Å²) >= 11 is 0. The van der Waals surface area contributed by atoms with Gasteiger partial charge in [-0.05, 0) is 31.0 Å². The first-order valence-corrected chi connectivity index (χ1v) is 8.59. The zero-order chi connectivity index (χ0) is 17.7. The molecule has 26 heavy (non-hydrogen) atoms. The van der Waals surface area contributed by atoms with Crippen molar-refractivity contribution in [1.29, 1.82) is 0 Å². The molecule has 0 bridgehead atoms. The molecule has 0 spiro atoms. The highest BCUT2D eigenvalue weighted by molar-refractivity contribution is 6.21. The van der Waals surface area contributed by atoms with Gasteiger partial charge >= 0.3 is 0 Å². The summed E-state index contributed by atoms with van der Waals surface area (Å²) in [6, 6.07) is 8.89. The first kappa shape index (κ1) is 15.2. The van der Waals surface area contributed by atoms with Crippen LogP contribution < -0.4 is 0 Å². The van der Waals surface area contributed by atoms with Crippen LogP contribution in [0.4, 0.5) is 0 Å². The summed E-state index contributed by atoms with van der Waals surface area (Å²) in [6.07, 6.45) is 6.48. The number of ether oxygens (including phenoxy) is 1. The van der Waals surface area contributed by atoms with Crippen LogP contribution in [0.1, 0.15) is 39.8 Å². The maximum Gasteiger partial charge on any atom is 0.261 e. The number of rotatable bonds is 3. The van der Waals surface area contributed by atoms with E-state index in [1.54, 1.807) is 30.5 Å². The summed E-state index contributed by atoms with van der Waals surface area (Å²) < 4.78 is 8.11. The fourth-order valence-electron chi connectivity index (χ4n) is 3.77. The molecule has 7 nitrogen and oxygen atoms in total. The maximum absolute atomic E-state index is 12.5. The van der Waals surface area contributed by atoms with Crippen LogP contribution in [0.2, 0.25) is 0 Å². The molecule has 4 heterocycles. The average molecular weight is 348 g/mol. The van der Waals surface area contributed by atoms with Gasteiger partial charge in [-0.1, -0.05) is 12.1 Å². The Balaban J connectivity index is 1.33. The Morgan fingerprint density at radius 1 is 1.08 bits per heavy atom. The van der Waals surface area contributed by atoms with Crippen LogP contribution in [0.15, 0.2) is 49.1 Å². The third-order valence-corrected chi connectivity index (χ3v) is 5.04. The van der Waals surface area contributed by atoms with Gasteiger partial charge in [0.25, 0.3) is 11.8 Å². The number of hydrogen-bond acceptors (Lipinski definition) is 5. The summed E-state index contributed by atoms with van der Waals surface area (Å²) in [5, 5.41) is 0.958. The largest absolute Gasteiger partial charge is 0.353 e. The van der Waals surface area contributed by atoms with Crippen molar-refractivity contribution in [3.63, 3.8) is 0 Å². The first-order chi connectivity index (χ1) is 12.7. The monoisotopic (exact) mass is 348 g/mol. The van der Waals surface area contributed by atoms with Gasteiger partial charge in [-0.2, -0.15) is 0 Å². The van der Waals surface area contributed by atoms with Crippen molar-refractivity contribution < 1.29 is 14.3 Å². The summed E-state index contributed by atoms with van der Waals surface area (Å²) in [7, 11) is 0. The summed E-state index contributed by atoms with van der Waals surface area (Å²) in [6.45, 7) is 0.275. The van der Waals surface area contributed by atoms with Crippen molar-refractivity contribution in [3.8, 4) is 0 Å². The molecule has 2 aliphatic heterocycles. The van der Waals surface area contributed by atoms with Crippen LogP contribution in [0.25, 0.3) is 11.0 Å². The molecule has 1 saturated heterocycles. The minimum absolute atomic E-state index is 0.150. The Bertz CT molecular complexity index is 993. The van der Waals surface area contributed by atoms with E-state index >= 15 is 0 Å². The van der Waals surface area contributed by atoms with Crippen LogP contribution >= 0.6 is 0 Å². The quantitative estimate of drug-likeness (QED) is 0.679. The molecule has 2 atom stereocenters. The number of aromatic nitrogens is 3. The molecule has 2 aliphatic rings. The lowest BCUT2D eigenvalue weighted by atomic mass is 10.1. The predicted octanol–water partition coefficient (Wildman–Crippen LogP) is 2.41. The van der Waals surface area contributed by atoms with Crippen molar-refractivity contribution in [1.82, 2.24) is 19.4 Å². The second-order valence-electron chi connectivity index (χ2n) is 6.58. The van der Waals surface area contributed by atoms with Crippen LogP contribution in [0.3, 0.4) is 0 Å². The Labute approximate surface area is 149 Å². The summed E-state index contributed by atoms with van der Waals surface area (Å²) in [5.41, 5.74) is 1.77. The van der Waals surface area contributed by atoms with E-state index in [2.05, 4.69) is 9.97 Å². The van der Waals surface area contributed by atoms with E-state index < -0.39 is 0 Å². The highest BCUT2D eigenvalue weighted by Gasteiger charge is 2.38. The SMILES string of the molecule is O=C1c2ccccc2C(=O)N1CC1CCC(n2ccc3cncnc32)O1. The smallest absolute Gasteiger partial charge is 0.261 e. The molecule has 0 saturated carbocycles. The average Bonchev–Trinajstić information content (AvgIpc) is 3.36. The van der Waals surface area contributed by atoms with Gasteiger partial charge in [-0.25, -0.2) is 9.97 Å². The Kier molecular flexibility index (Phi) is 3.36. The van der Waals surface area contributed by atoms with Gasteiger partial charge in [0.05, 0.1) is 23.8 Å². The molecular formula is C19H16N4O3. The normalized spacial score (nSPS) is 22.4. The van der Waals surface area contributed by atoms with E-state index in [1.165, 1.54) is 11.2 Å². The molecule has 0 N–H and O–H groups in total. The third-order valence-electron chi connectivity index (χ3n) is 5.04. The molecule has 3 aromatic rings. The standard InChI is InChI=1S/C19H16N4O3/c24-18-14-3-1-2-4-15(14)19(25)23(18)10-13-5-6-16(26-13)22-8-7-12-9-20-11-21-17(12)22/h1-4,7-9,11,13,16H,5-6,10H2. The van der Waals surface area contributed by atoms with Gasteiger partial charge < -0.3 is 9.30 Å². The number of carbonyl (C=O) groups is 2. The van der Waals surface area contributed by atoms with Crippen molar-refractivity contribution in [2.75, 3.05) is 6.54 Å². The second kappa shape index (κ2) is 5.74. The van der Waals surface area contributed by atoms with Crippen molar-refractivity contribution in [2.24, 2.45) is 0 Å². The van der Waals surface area contributed by atoms with E-state index in [0.717, 1.165) is 23.9 Å². The van der Waals surface area contributed by atoms with Gasteiger partial charge in [0.1, 0.15) is 18.2 Å². The maximum atomic E-state index is 12.5. The van der Waals surface area contributed by atoms with Crippen molar-refractivity contribution >= 4 is 22.8 Å². The molecule has 2 aromatic heterocycles. The molecule has 0 radical (unpaired) electrons. The second-order valence-corrected chi connectivity index (χ2v) is 6.58. The fourth-order valence-corrected chi connectivity index (χ4v) is 3.77. The molecule has 0 aliphatic carbocycles. The van der Waals surface area contributed by atoms with Gasteiger partial charge in [0.2, 0.25) is 0 Å². The minimum Gasteiger partial charge on any atom is -0.353 e. The van der Waals surface area contributed by atoms with Crippen molar-refractivity contribution in [2.45, 2.75) is 25.2 Å². The number of fused-ring (bicyclic) bond motifs is 2. The Morgan fingerprint density at radius 2 is 1.85 bits per heavy atom. The van der Waals surface area contributed by atoms with Gasteiger partial charge in [0.15, 0.2) is 0 Å². The van der Waals surface area contributed by atoms with E-state index in [1.807, 2.05) is 16.8 Å². The minimum atomic E-state index is -0.239. The van der Waals surface area contributed by atoms with Crippen molar-refractivity contribution in [3.05, 3.63) is 60.2 Å². The summed E-state index contributed by atoms with van der Waals surface area (Å²) in [5.74, 6) is -0.478. The molecule has 2 unspecified atom stereocenters. The molecule has 130 valence electrons. The van der Waals surface area contributed by atoms with Crippen LogP contribution in [-0.4, -0.2) is 43.9 Å². The number of imide groups is 1. The Morgan fingerprint density at radius 3 is 2.62 bits per heavy atom. The lowest BCUT2D eigenvalue weighted by Crippen LogP contribution is -2.36. The lowest BCUT2D eigenvalue weighted by molar-refractivity contribution is -0.00737. The number of nitrogens with zero attached hydrogens (tertiary/aromatic N) is 4. The Hall–Kier alpha value is -3.06. The highest BCUT2D eigenvalue weighted by atomic mass is 16.5. The molecule has 1 aromatic carbocycles. The highest BCUT2D eigenvalue weighted by Crippen LogP contribution is 2.32. The van der Waals surface area contributed by atoms with Gasteiger partial charge in [-0.3, -0.25) is 14.5 Å².